The number of thiol groups is 1. The SMILES string of the molecule is [B]c1ccc(N(c2ccc(C)cc2)c2ccc(S)cc2)cc1. The summed E-state index contributed by atoms with van der Waals surface area (Å²) in [5.74, 6) is 0. The lowest BCUT2D eigenvalue weighted by Gasteiger charge is -2.25. The average Bonchev–Trinajstić information content (AvgIpc) is 2.53. The van der Waals surface area contributed by atoms with Crippen LogP contribution in [0, 0.1) is 6.92 Å². The first-order valence-corrected chi connectivity index (χ1v) is 7.59. The molecule has 3 aromatic rings. The van der Waals surface area contributed by atoms with Crippen LogP contribution in [0.5, 0.6) is 0 Å². The molecule has 3 aromatic carbocycles. The Morgan fingerprint density at radius 2 is 1.09 bits per heavy atom. The van der Waals surface area contributed by atoms with E-state index in [0.717, 1.165) is 27.4 Å². The Hall–Kier alpha value is -2.13. The largest absolute Gasteiger partial charge is 0.311 e. The maximum absolute atomic E-state index is 5.82. The minimum atomic E-state index is 0.762. The van der Waals surface area contributed by atoms with Gasteiger partial charge in [0, 0.05) is 22.0 Å². The second kappa shape index (κ2) is 6.33. The zero-order valence-corrected chi connectivity index (χ0v) is 13.3. The van der Waals surface area contributed by atoms with Crippen molar-refractivity contribution in [2.24, 2.45) is 0 Å². The minimum Gasteiger partial charge on any atom is -0.311 e. The van der Waals surface area contributed by atoms with Crippen LogP contribution in [0.15, 0.2) is 77.7 Å². The molecular formula is C19H16BNS. The Kier molecular flexibility index (Phi) is 4.26. The number of aryl methyl sites for hydroxylation is 1. The zero-order valence-electron chi connectivity index (χ0n) is 12.4. The van der Waals surface area contributed by atoms with Crippen molar-refractivity contribution in [3.05, 3.63) is 78.4 Å². The van der Waals surface area contributed by atoms with Crippen molar-refractivity contribution in [2.75, 3.05) is 4.90 Å². The molecule has 0 amide bonds. The Labute approximate surface area is 138 Å². The van der Waals surface area contributed by atoms with Crippen LogP contribution in [0.4, 0.5) is 17.1 Å². The number of benzene rings is 3. The van der Waals surface area contributed by atoms with Gasteiger partial charge in [-0.15, -0.1) is 12.6 Å². The van der Waals surface area contributed by atoms with Crippen LogP contribution >= 0.6 is 12.6 Å². The average molecular weight is 301 g/mol. The van der Waals surface area contributed by atoms with Crippen LogP contribution in [0.1, 0.15) is 5.56 Å². The molecule has 1 nitrogen and oxygen atoms in total. The summed E-state index contributed by atoms with van der Waals surface area (Å²) in [6.45, 7) is 2.09. The van der Waals surface area contributed by atoms with Gasteiger partial charge in [0.05, 0.1) is 0 Å². The number of hydrogen-bond acceptors (Lipinski definition) is 2. The highest BCUT2D eigenvalue weighted by molar-refractivity contribution is 7.80. The highest BCUT2D eigenvalue weighted by Crippen LogP contribution is 2.34. The summed E-state index contributed by atoms with van der Waals surface area (Å²) in [6.07, 6.45) is 0. The van der Waals surface area contributed by atoms with Crippen LogP contribution in [-0.2, 0) is 0 Å². The predicted octanol–water partition coefficient (Wildman–Crippen LogP) is 4.55. The van der Waals surface area contributed by atoms with Gasteiger partial charge in [0.1, 0.15) is 7.85 Å². The van der Waals surface area contributed by atoms with Gasteiger partial charge in [-0.1, -0.05) is 35.3 Å². The van der Waals surface area contributed by atoms with Crippen molar-refractivity contribution in [1.82, 2.24) is 0 Å². The van der Waals surface area contributed by atoms with E-state index in [9.17, 15) is 0 Å². The molecule has 0 spiro atoms. The third-order valence-corrected chi connectivity index (χ3v) is 3.85. The summed E-state index contributed by atoms with van der Waals surface area (Å²) in [6, 6.07) is 24.5. The Bertz CT molecular complexity index is 641. The molecule has 0 N–H and O–H groups in total. The van der Waals surface area contributed by atoms with E-state index >= 15 is 0 Å². The lowest BCUT2D eigenvalue weighted by Crippen LogP contribution is -2.11. The van der Waals surface area contributed by atoms with Crippen LogP contribution < -0.4 is 10.4 Å². The molecule has 0 heterocycles. The van der Waals surface area contributed by atoms with Crippen LogP contribution in [-0.4, -0.2) is 7.85 Å². The fourth-order valence-electron chi connectivity index (χ4n) is 2.37. The van der Waals surface area contributed by atoms with Gasteiger partial charge >= 0.3 is 0 Å². The van der Waals surface area contributed by atoms with E-state index in [-0.39, 0.29) is 0 Å². The van der Waals surface area contributed by atoms with E-state index in [4.69, 9.17) is 7.85 Å². The summed E-state index contributed by atoms with van der Waals surface area (Å²) in [5, 5.41) is 0. The Morgan fingerprint density at radius 3 is 1.59 bits per heavy atom. The van der Waals surface area contributed by atoms with Gasteiger partial charge in [-0.3, -0.25) is 0 Å². The quantitative estimate of drug-likeness (QED) is 0.549. The molecule has 0 saturated carbocycles. The van der Waals surface area contributed by atoms with E-state index in [1.807, 2.05) is 36.4 Å². The molecule has 22 heavy (non-hydrogen) atoms. The highest BCUT2D eigenvalue weighted by atomic mass is 32.1. The second-order valence-electron chi connectivity index (χ2n) is 5.28. The van der Waals surface area contributed by atoms with Gasteiger partial charge in [0.2, 0.25) is 0 Å². The summed E-state index contributed by atoms with van der Waals surface area (Å²) < 4.78 is 0. The first-order chi connectivity index (χ1) is 10.6. The molecule has 0 aromatic heterocycles. The van der Waals surface area contributed by atoms with Crippen molar-refractivity contribution in [3.63, 3.8) is 0 Å². The van der Waals surface area contributed by atoms with Gasteiger partial charge in [0.15, 0.2) is 0 Å². The Balaban J connectivity index is 2.10. The predicted molar refractivity (Wildman–Crippen MR) is 98.5 cm³/mol. The van der Waals surface area contributed by atoms with Crippen molar-refractivity contribution in [1.29, 1.82) is 0 Å². The molecule has 0 aliphatic rings. The fraction of sp³-hybridized carbons (Fsp3) is 0.0526. The van der Waals surface area contributed by atoms with E-state index in [0.29, 0.717) is 0 Å². The van der Waals surface area contributed by atoms with Gasteiger partial charge in [0.25, 0.3) is 0 Å². The lowest BCUT2D eigenvalue weighted by molar-refractivity contribution is 1.26. The number of nitrogens with zero attached hydrogens (tertiary/aromatic N) is 1. The zero-order chi connectivity index (χ0) is 15.5. The van der Waals surface area contributed by atoms with Crippen LogP contribution in [0.2, 0.25) is 0 Å². The third-order valence-electron chi connectivity index (χ3n) is 3.55. The molecule has 0 aliphatic heterocycles. The number of hydrogen-bond donors (Lipinski definition) is 1. The summed E-state index contributed by atoms with van der Waals surface area (Å²) >= 11 is 4.37. The molecule has 0 bridgehead atoms. The number of anilines is 3. The summed E-state index contributed by atoms with van der Waals surface area (Å²) in [4.78, 5) is 3.15. The van der Waals surface area contributed by atoms with Gasteiger partial charge in [-0.2, -0.15) is 0 Å². The van der Waals surface area contributed by atoms with Crippen molar-refractivity contribution in [3.8, 4) is 0 Å². The summed E-state index contributed by atoms with van der Waals surface area (Å²) in [5.41, 5.74) is 5.28. The Morgan fingerprint density at radius 1 is 0.682 bits per heavy atom. The molecule has 0 saturated heterocycles. The van der Waals surface area contributed by atoms with Crippen LogP contribution in [0.25, 0.3) is 0 Å². The third kappa shape index (κ3) is 3.20. The van der Waals surface area contributed by atoms with Gasteiger partial charge < -0.3 is 4.90 Å². The maximum atomic E-state index is 5.82. The normalized spacial score (nSPS) is 10.5. The first kappa shape index (κ1) is 14.8. The van der Waals surface area contributed by atoms with E-state index in [1.54, 1.807) is 0 Å². The van der Waals surface area contributed by atoms with E-state index in [1.165, 1.54) is 5.56 Å². The standard InChI is InChI=1S/C19H16BNS/c1-14-2-6-16(7-3-14)21(17-8-4-15(20)5-9-17)18-10-12-19(22)13-11-18/h2-13,22H,1H3. The molecule has 0 unspecified atom stereocenters. The molecule has 3 rings (SSSR count). The van der Waals surface area contributed by atoms with E-state index < -0.39 is 0 Å². The number of rotatable bonds is 3. The molecular weight excluding hydrogens is 285 g/mol. The minimum absolute atomic E-state index is 0.762. The van der Waals surface area contributed by atoms with Crippen LogP contribution in [0.3, 0.4) is 0 Å². The lowest BCUT2D eigenvalue weighted by atomic mass is 9.96. The smallest absolute Gasteiger partial charge is 0.113 e. The second-order valence-corrected chi connectivity index (χ2v) is 5.80. The molecule has 0 aliphatic carbocycles. The van der Waals surface area contributed by atoms with Gasteiger partial charge in [-0.05, 0) is 55.5 Å². The fourth-order valence-corrected chi connectivity index (χ4v) is 2.52. The first-order valence-electron chi connectivity index (χ1n) is 7.15. The topological polar surface area (TPSA) is 3.24 Å². The summed E-state index contributed by atoms with van der Waals surface area (Å²) in [7, 11) is 5.82. The van der Waals surface area contributed by atoms with Crippen molar-refractivity contribution < 1.29 is 0 Å². The molecule has 3 heteroatoms. The van der Waals surface area contributed by atoms with Gasteiger partial charge in [-0.25, -0.2) is 0 Å². The maximum Gasteiger partial charge on any atom is 0.113 e. The van der Waals surface area contributed by atoms with Crippen molar-refractivity contribution >= 4 is 43.0 Å². The molecule has 106 valence electrons. The van der Waals surface area contributed by atoms with Crippen molar-refractivity contribution in [2.45, 2.75) is 11.8 Å². The monoisotopic (exact) mass is 301 g/mol. The van der Waals surface area contributed by atoms with E-state index in [2.05, 4.69) is 60.9 Å². The molecule has 0 atom stereocenters. The highest BCUT2D eigenvalue weighted by Gasteiger charge is 2.11. The molecule has 2 radical (unpaired) electrons. The molecule has 0 fully saturated rings.